The van der Waals surface area contributed by atoms with Crippen LogP contribution in [-0.4, -0.2) is 33.1 Å². The number of rotatable bonds is 16. The van der Waals surface area contributed by atoms with Gasteiger partial charge in [-0.15, -0.1) is 0 Å². The lowest BCUT2D eigenvalue weighted by Gasteiger charge is -2.07. The summed E-state index contributed by atoms with van der Waals surface area (Å²) in [6.07, 6.45) is 19.2. The Kier molecular flexibility index (Phi) is 11.3. The molecule has 1 aromatic carbocycles. The Balaban J connectivity index is 1.46. The van der Waals surface area contributed by atoms with Crippen LogP contribution in [0, 0.1) is 0 Å². The molecule has 0 bridgehead atoms. The van der Waals surface area contributed by atoms with Crippen molar-refractivity contribution in [3.05, 3.63) is 49.1 Å². The van der Waals surface area contributed by atoms with Crippen molar-refractivity contribution in [2.24, 2.45) is 0 Å². The Bertz CT molecular complexity index is 850. The second-order valence-electron chi connectivity index (χ2n) is 8.59. The molecule has 6 nitrogen and oxygen atoms in total. The summed E-state index contributed by atoms with van der Waals surface area (Å²) in [7, 11) is 0. The SMILES string of the molecule is CCCCCCCOc1cnc(-c2ccc(-c3ncc(OCCCCCCC)cn3)cc2)nc1. The zero-order valence-electron chi connectivity index (χ0n) is 20.7. The summed E-state index contributed by atoms with van der Waals surface area (Å²) in [4.78, 5) is 17.8. The van der Waals surface area contributed by atoms with E-state index in [2.05, 4.69) is 33.8 Å². The van der Waals surface area contributed by atoms with E-state index in [-0.39, 0.29) is 0 Å². The summed E-state index contributed by atoms with van der Waals surface area (Å²) >= 11 is 0. The lowest BCUT2D eigenvalue weighted by molar-refractivity contribution is 0.302. The molecule has 2 aromatic heterocycles. The fourth-order valence-corrected chi connectivity index (χ4v) is 3.64. The normalized spacial score (nSPS) is 10.9. The molecule has 0 aliphatic rings. The van der Waals surface area contributed by atoms with Crippen molar-refractivity contribution in [3.63, 3.8) is 0 Å². The molecule has 6 heteroatoms. The summed E-state index contributed by atoms with van der Waals surface area (Å²) < 4.78 is 11.5. The molecule has 0 saturated carbocycles. The molecule has 0 radical (unpaired) electrons. The minimum absolute atomic E-state index is 0.672. The van der Waals surface area contributed by atoms with Crippen LogP contribution in [0.25, 0.3) is 22.8 Å². The Morgan fingerprint density at radius 1 is 0.500 bits per heavy atom. The van der Waals surface area contributed by atoms with Crippen LogP contribution in [0.1, 0.15) is 78.1 Å². The van der Waals surface area contributed by atoms with Crippen LogP contribution in [0.4, 0.5) is 0 Å². The van der Waals surface area contributed by atoms with Crippen LogP contribution in [0.15, 0.2) is 49.1 Å². The number of ether oxygens (including phenoxy) is 2. The van der Waals surface area contributed by atoms with E-state index in [1.165, 1.54) is 51.4 Å². The Morgan fingerprint density at radius 3 is 1.21 bits per heavy atom. The fourth-order valence-electron chi connectivity index (χ4n) is 3.64. The van der Waals surface area contributed by atoms with Crippen molar-refractivity contribution in [1.29, 1.82) is 0 Å². The van der Waals surface area contributed by atoms with Crippen LogP contribution in [0.5, 0.6) is 11.5 Å². The molecule has 182 valence electrons. The van der Waals surface area contributed by atoms with Gasteiger partial charge >= 0.3 is 0 Å². The molecular formula is C28H38N4O2. The predicted octanol–water partition coefficient (Wildman–Crippen LogP) is 7.30. The molecule has 0 N–H and O–H groups in total. The first-order chi connectivity index (χ1) is 16.8. The number of nitrogens with zero attached hydrogens (tertiary/aromatic N) is 4. The predicted molar refractivity (Wildman–Crippen MR) is 137 cm³/mol. The van der Waals surface area contributed by atoms with Gasteiger partial charge in [-0.1, -0.05) is 89.5 Å². The largest absolute Gasteiger partial charge is 0.490 e. The molecular weight excluding hydrogens is 424 g/mol. The highest BCUT2D eigenvalue weighted by molar-refractivity contribution is 5.63. The Labute approximate surface area is 204 Å². The second kappa shape index (κ2) is 15.0. The highest BCUT2D eigenvalue weighted by Crippen LogP contribution is 2.22. The van der Waals surface area contributed by atoms with E-state index in [0.29, 0.717) is 36.4 Å². The number of hydrogen-bond donors (Lipinski definition) is 0. The van der Waals surface area contributed by atoms with E-state index < -0.39 is 0 Å². The van der Waals surface area contributed by atoms with Crippen LogP contribution < -0.4 is 9.47 Å². The summed E-state index contributed by atoms with van der Waals surface area (Å²) in [5, 5.41) is 0. The van der Waals surface area contributed by atoms with E-state index in [9.17, 15) is 0 Å². The van der Waals surface area contributed by atoms with Crippen molar-refractivity contribution >= 4 is 0 Å². The van der Waals surface area contributed by atoms with Gasteiger partial charge in [0.1, 0.15) is 0 Å². The van der Waals surface area contributed by atoms with Gasteiger partial charge in [-0.2, -0.15) is 0 Å². The minimum Gasteiger partial charge on any atom is -0.490 e. The lowest BCUT2D eigenvalue weighted by Crippen LogP contribution is -1.99. The average Bonchev–Trinajstić information content (AvgIpc) is 2.89. The number of benzene rings is 1. The van der Waals surface area contributed by atoms with E-state index >= 15 is 0 Å². The van der Waals surface area contributed by atoms with Gasteiger partial charge in [0.05, 0.1) is 38.0 Å². The minimum atomic E-state index is 0.672. The third-order valence-electron chi connectivity index (χ3n) is 5.69. The van der Waals surface area contributed by atoms with Gasteiger partial charge in [0.15, 0.2) is 23.1 Å². The van der Waals surface area contributed by atoms with Crippen LogP contribution >= 0.6 is 0 Å². The molecule has 0 amide bonds. The van der Waals surface area contributed by atoms with Crippen LogP contribution in [0.2, 0.25) is 0 Å². The molecule has 34 heavy (non-hydrogen) atoms. The third kappa shape index (κ3) is 8.73. The van der Waals surface area contributed by atoms with Crippen molar-refractivity contribution in [1.82, 2.24) is 19.9 Å². The zero-order chi connectivity index (χ0) is 23.8. The molecule has 0 atom stereocenters. The fraction of sp³-hybridized carbons (Fsp3) is 0.500. The molecule has 2 heterocycles. The first kappa shape index (κ1) is 25.6. The summed E-state index contributed by atoms with van der Waals surface area (Å²) in [6, 6.07) is 7.96. The maximum Gasteiger partial charge on any atom is 0.159 e. The van der Waals surface area contributed by atoms with Crippen LogP contribution in [0.3, 0.4) is 0 Å². The summed E-state index contributed by atoms with van der Waals surface area (Å²) in [5.74, 6) is 2.77. The van der Waals surface area contributed by atoms with Crippen molar-refractivity contribution in [3.8, 4) is 34.3 Å². The molecule has 0 aliphatic heterocycles. The highest BCUT2D eigenvalue weighted by Gasteiger charge is 2.06. The summed E-state index contributed by atoms with van der Waals surface area (Å²) in [5.41, 5.74) is 1.88. The Morgan fingerprint density at radius 2 is 0.853 bits per heavy atom. The highest BCUT2D eigenvalue weighted by atomic mass is 16.5. The number of aromatic nitrogens is 4. The average molecular weight is 463 g/mol. The van der Waals surface area contributed by atoms with Gasteiger partial charge in [-0.05, 0) is 12.8 Å². The number of hydrogen-bond acceptors (Lipinski definition) is 6. The molecule has 0 unspecified atom stereocenters. The molecule has 3 aromatic rings. The second-order valence-corrected chi connectivity index (χ2v) is 8.59. The lowest BCUT2D eigenvalue weighted by atomic mass is 10.1. The van der Waals surface area contributed by atoms with Gasteiger partial charge in [0, 0.05) is 11.1 Å². The van der Waals surface area contributed by atoms with Crippen molar-refractivity contribution in [2.75, 3.05) is 13.2 Å². The molecule has 0 saturated heterocycles. The maximum atomic E-state index is 5.76. The van der Waals surface area contributed by atoms with E-state index in [4.69, 9.17) is 9.47 Å². The summed E-state index contributed by atoms with van der Waals surface area (Å²) in [6.45, 7) is 5.87. The maximum absolute atomic E-state index is 5.76. The Hall–Kier alpha value is -3.02. The van der Waals surface area contributed by atoms with Crippen LogP contribution in [-0.2, 0) is 0 Å². The van der Waals surface area contributed by atoms with Gasteiger partial charge in [0.25, 0.3) is 0 Å². The van der Waals surface area contributed by atoms with Gasteiger partial charge in [-0.3, -0.25) is 0 Å². The quantitative estimate of drug-likeness (QED) is 0.208. The van der Waals surface area contributed by atoms with Gasteiger partial charge < -0.3 is 9.47 Å². The van der Waals surface area contributed by atoms with E-state index in [0.717, 1.165) is 24.0 Å². The molecule has 0 aliphatic carbocycles. The van der Waals surface area contributed by atoms with Gasteiger partial charge in [-0.25, -0.2) is 19.9 Å². The smallest absolute Gasteiger partial charge is 0.159 e. The molecule has 0 fully saturated rings. The first-order valence-electron chi connectivity index (χ1n) is 12.8. The van der Waals surface area contributed by atoms with E-state index in [1.54, 1.807) is 24.8 Å². The van der Waals surface area contributed by atoms with E-state index in [1.807, 2.05) is 24.3 Å². The zero-order valence-corrected chi connectivity index (χ0v) is 20.7. The van der Waals surface area contributed by atoms with Gasteiger partial charge in [0.2, 0.25) is 0 Å². The monoisotopic (exact) mass is 462 g/mol. The molecule has 3 rings (SSSR count). The van der Waals surface area contributed by atoms with Crippen molar-refractivity contribution in [2.45, 2.75) is 78.1 Å². The molecule has 0 spiro atoms. The third-order valence-corrected chi connectivity index (χ3v) is 5.69. The number of unbranched alkanes of at least 4 members (excludes halogenated alkanes) is 8. The standard InChI is InChI=1S/C28H38N4O2/c1-3-5-7-9-11-17-33-25-19-29-27(30-20-25)23-13-15-24(16-14-23)28-31-21-26(22-32-28)34-18-12-10-8-6-4-2/h13-16,19-22H,3-12,17-18H2,1-2H3. The topological polar surface area (TPSA) is 70.0 Å². The van der Waals surface area contributed by atoms with Crippen molar-refractivity contribution < 1.29 is 9.47 Å². The first-order valence-corrected chi connectivity index (χ1v) is 12.8.